The minimum Gasteiger partial charge on any atom is -0.481 e. The molecule has 1 aliphatic rings. The number of aromatic nitrogens is 1. The maximum atomic E-state index is 12.7. The highest BCUT2D eigenvalue weighted by atomic mass is 16.5. The molecule has 1 N–H and O–H groups in total. The molecule has 5 heteroatoms. The molecule has 196 valence electrons. The lowest BCUT2D eigenvalue weighted by Crippen LogP contribution is -2.28. The summed E-state index contributed by atoms with van der Waals surface area (Å²) in [6, 6.07) is 16.7. The van der Waals surface area contributed by atoms with E-state index < -0.39 is 17.7 Å². The van der Waals surface area contributed by atoms with E-state index in [9.17, 15) is 9.90 Å². The van der Waals surface area contributed by atoms with Gasteiger partial charge in [0.05, 0.1) is 18.2 Å². The van der Waals surface area contributed by atoms with Gasteiger partial charge in [-0.15, -0.1) is 0 Å². The predicted octanol–water partition coefficient (Wildman–Crippen LogP) is 7.54. The van der Waals surface area contributed by atoms with E-state index in [1.54, 1.807) is 7.11 Å². The summed E-state index contributed by atoms with van der Waals surface area (Å²) in [7, 11) is 1.65. The van der Waals surface area contributed by atoms with Gasteiger partial charge in [0, 0.05) is 16.5 Å². The van der Waals surface area contributed by atoms with Crippen LogP contribution in [0.2, 0.25) is 0 Å². The van der Waals surface area contributed by atoms with E-state index in [1.165, 1.54) is 11.1 Å². The minimum absolute atomic E-state index is 0.569. The average molecular weight is 510 g/mol. The largest absolute Gasteiger partial charge is 0.481 e. The molecule has 4 aromatic rings. The van der Waals surface area contributed by atoms with Gasteiger partial charge in [-0.2, -0.15) is 0 Å². The van der Waals surface area contributed by atoms with Gasteiger partial charge in [0.2, 0.25) is 5.88 Å². The Morgan fingerprint density at radius 3 is 2.26 bits per heavy atom. The second-order valence-electron chi connectivity index (χ2n) is 11.2. The molecule has 1 atom stereocenters. The number of fused-ring (bicyclic) bond motifs is 5. The number of benzene rings is 3. The van der Waals surface area contributed by atoms with Crippen LogP contribution in [0.4, 0.5) is 0 Å². The standard InChI is InChI=1S/C33H35NO4/c1-18-12-14-22(15-13-18)25-19(2)26-24-17-16-21-10-8-9-11-23(21)28(24)31(37-7)34-29(26)20(3)27(25)30(32(35)36)38-33(4,5)6/h8-15,30H,16-17H2,1-7H3,(H,35,36)/t30-/m0/s1. The van der Waals surface area contributed by atoms with Crippen molar-refractivity contribution >= 4 is 16.9 Å². The van der Waals surface area contributed by atoms with Gasteiger partial charge in [0.1, 0.15) is 0 Å². The van der Waals surface area contributed by atoms with E-state index in [-0.39, 0.29) is 0 Å². The highest BCUT2D eigenvalue weighted by Gasteiger charge is 2.34. The van der Waals surface area contributed by atoms with E-state index in [0.717, 1.165) is 62.7 Å². The number of aliphatic carboxylic acids is 1. The molecule has 0 unspecified atom stereocenters. The molecule has 0 amide bonds. The molecule has 3 aromatic carbocycles. The van der Waals surface area contributed by atoms with Crippen molar-refractivity contribution in [3.63, 3.8) is 0 Å². The number of ether oxygens (including phenoxy) is 2. The lowest BCUT2D eigenvalue weighted by Gasteiger charge is -2.31. The van der Waals surface area contributed by atoms with Gasteiger partial charge in [-0.05, 0) is 93.3 Å². The lowest BCUT2D eigenvalue weighted by atomic mass is 9.79. The second kappa shape index (κ2) is 9.55. The van der Waals surface area contributed by atoms with Gasteiger partial charge < -0.3 is 14.6 Å². The van der Waals surface area contributed by atoms with Crippen molar-refractivity contribution in [1.82, 2.24) is 4.98 Å². The number of hydrogen-bond donors (Lipinski definition) is 1. The first-order valence-electron chi connectivity index (χ1n) is 13.1. The zero-order chi connectivity index (χ0) is 27.4. The average Bonchev–Trinajstić information content (AvgIpc) is 2.88. The highest BCUT2D eigenvalue weighted by Crippen LogP contribution is 2.48. The van der Waals surface area contributed by atoms with Crippen molar-refractivity contribution in [2.75, 3.05) is 7.11 Å². The molecular weight excluding hydrogens is 474 g/mol. The number of hydrogen-bond acceptors (Lipinski definition) is 4. The van der Waals surface area contributed by atoms with Crippen molar-refractivity contribution in [3.05, 3.63) is 81.9 Å². The Morgan fingerprint density at radius 1 is 0.947 bits per heavy atom. The fourth-order valence-electron chi connectivity index (χ4n) is 5.85. The molecule has 0 saturated carbocycles. The Balaban J connectivity index is 1.94. The molecule has 5 nitrogen and oxygen atoms in total. The Bertz CT molecular complexity index is 1560. The van der Waals surface area contributed by atoms with Crippen molar-refractivity contribution < 1.29 is 19.4 Å². The Labute approximate surface area is 224 Å². The molecule has 0 spiro atoms. The normalized spacial score (nSPS) is 13.7. The first-order chi connectivity index (χ1) is 18.0. The molecule has 0 fully saturated rings. The van der Waals surface area contributed by atoms with Crippen LogP contribution in [0.1, 0.15) is 60.3 Å². The smallest absolute Gasteiger partial charge is 0.337 e. The molecule has 0 saturated heterocycles. The van der Waals surface area contributed by atoms with Crippen LogP contribution in [-0.4, -0.2) is 28.8 Å². The first kappa shape index (κ1) is 25.9. The molecular formula is C33H35NO4. The molecule has 1 aromatic heterocycles. The summed E-state index contributed by atoms with van der Waals surface area (Å²) < 4.78 is 12.1. The van der Waals surface area contributed by atoms with E-state index >= 15 is 0 Å². The van der Waals surface area contributed by atoms with Crippen LogP contribution >= 0.6 is 0 Å². The quantitative estimate of drug-likeness (QED) is 0.301. The molecule has 38 heavy (non-hydrogen) atoms. The Kier molecular flexibility index (Phi) is 6.52. The SMILES string of the molecule is COc1nc2c(C)c([C@H](OC(C)(C)C)C(=O)O)c(-c3ccc(C)cc3)c(C)c2c2c1-c1ccccc1CC2. The van der Waals surface area contributed by atoms with E-state index in [0.29, 0.717) is 11.4 Å². The Morgan fingerprint density at radius 2 is 1.63 bits per heavy atom. The summed E-state index contributed by atoms with van der Waals surface area (Å²) in [6.07, 6.45) is 0.630. The summed E-state index contributed by atoms with van der Waals surface area (Å²) in [5.41, 5.74) is 10.3. The van der Waals surface area contributed by atoms with Crippen molar-refractivity contribution in [2.24, 2.45) is 0 Å². The van der Waals surface area contributed by atoms with Crippen molar-refractivity contribution in [2.45, 2.75) is 66.1 Å². The van der Waals surface area contributed by atoms with Gasteiger partial charge in [-0.3, -0.25) is 0 Å². The van der Waals surface area contributed by atoms with Gasteiger partial charge >= 0.3 is 5.97 Å². The fraction of sp³-hybridized carbons (Fsp3) is 0.333. The molecule has 5 rings (SSSR count). The second-order valence-corrected chi connectivity index (χ2v) is 11.2. The van der Waals surface area contributed by atoms with Crippen LogP contribution in [-0.2, 0) is 22.4 Å². The maximum absolute atomic E-state index is 12.7. The van der Waals surface area contributed by atoms with E-state index in [4.69, 9.17) is 14.5 Å². The molecule has 1 aliphatic carbocycles. The molecule has 0 radical (unpaired) electrons. The predicted molar refractivity (Wildman–Crippen MR) is 152 cm³/mol. The van der Waals surface area contributed by atoms with Crippen LogP contribution in [0.5, 0.6) is 5.88 Å². The van der Waals surface area contributed by atoms with Crippen molar-refractivity contribution in [3.8, 4) is 28.1 Å². The van der Waals surface area contributed by atoms with Crippen LogP contribution in [0.3, 0.4) is 0 Å². The number of carboxylic acids is 1. The highest BCUT2D eigenvalue weighted by molar-refractivity contribution is 6.02. The summed E-state index contributed by atoms with van der Waals surface area (Å²) in [6.45, 7) is 11.8. The van der Waals surface area contributed by atoms with Gasteiger partial charge in [0.15, 0.2) is 6.10 Å². The third-order valence-electron chi connectivity index (χ3n) is 7.47. The van der Waals surface area contributed by atoms with Gasteiger partial charge in [-0.1, -0.05) is 54.1 Å². The van der Waals surface area contributed by atoms with Crippen LogP contribution in [0.15, 0.2) is 48.5 Å². The lowest BCUT2D eigenvalue weighted by molar-refractivity contribution is -0.160. The van der Waals surface area contributed by atoms with Gasteiger partial charge in [0.25, 0.3) is 0 Å². The third kappa shape index (κ3) is 4.35. The number of nitrogens with zero attached hydrogens (tertiary/aromatic N) is 1. The monoisotopic (exact) mass is 509 g/mol. The summed E-state index contributed by atoms with van der Waals surface area (Å²) in [5, 5.41) is 11.5. The van der Waals surface area contributed by atoms with Crippen molar-refractivity contribution in [1.29, 1.82) is 0 Å². The number of carbonyl (C=O) groups is 1. The summed E-state index contributed by atoms with van der Waals surface area (Å²) in [4.78, 5) is 17.8. The fourth-order valence-corrected chi connectivity index (χ4v) is 5.85. The van der Waals surface area contributed by atoms with E-state index in [1.807, 2.05) is 27.7 Å². The number of aryl methyl sites for hydroxylation is 5. The number of methoxy groups -OCH3 is 1. The number of rotatable bonds is 5. The number of carboxylic acid groups (broad SMARTS) is 1. The topological polar surface area (TPSA) is 68.7 Å². The molecule has 0 bridgehead atoms. The summed E-state index contributed by atoms with van der Waals surface area (Å²) >= 11 is 0. The number of pyridine rings is 1. The summed E-state index contributed by atoms with van der Waals surface area (Å²) in [5.74, 6) is -0.450. The third-order valence-corrected chi connectivity index (χ3v) is 7.47. The zero-order valence-electron chi connectivity index (χ0n) is 23.2. The zero-order valence-corrected chi connectivity index (χ0v) is 23.2. The molecule has 0 aliphatic heterocycles. The minimum atomic E-state index is -1.15. The first-order valence-corrected chi connectivity index (χ1v) is 13.1. The maximum Gasteiger partial charge on any atom is 0.337 e. The van der Waals surface area contributed by atoms with Gasteiger partial charge in [-0.25, -0.2) is 9.78 Å². The molecule has 1 heterocycles. The Hall–Kier alpha value is -3.70. The van der Waals surface area contributed by atoms with Crippen LogP contribution in [0.25, 0.3) is 33.2 Å². The van der Waals surface area contributed by atoms with Crippen LogP contribution in [0, 0.1) is 20.8 Å². The van der Waals surface area contributed by atoms with E-state index in [2.05, 4.69) is 62.4 Å². The van der Waals surface area contributed by atoms with Crippen LogP contribution < -0.4 is 4.74 Å².